The molecule has 2 saturated heterocycles. The fraction of sp³-hybridized carbons (Fsp3) is 0.600. The normalized spacial score (nSPS) is 20.7. The zero-order valence-corrected chi connectivity index (χ0v) is 12.2. The maximum Gasteiger partial charge on any atom is 0.356 e. The van der Waals surface area contributed by atoms with Crippen LogP contribution in [0.4, 0.5) is 5.69 Å². The van der Waals surface area contributed by atoms with E-state index in [-0.39, 0.29) is 11.8 Å². The molecule has 0 aromatic carbocycles. The second kappa shape index (κ2) is 5.99. The summed E-state index contributed by atoms with van der Waals surface area (Å²) in [6.45, 7) is 5.24. The first kappa shape index (κ1) is 14.3. The molecule has 3 rings (SSSR count). The first-order chi connectivity index (χ1) is 10.2. The van der Waals surface area contributed by atoms with Gasteiger partial charge in [-0.1, -0.05) is 0 Å². The molecule has 0 bridgehead atoms. The number of esters is 1. The van der Waals surface area contributed by atoms with Crippen LogP contribution < -0.4 is 4.90 Å². The molecule has 0 saturated carbocycles. The number of carbonyl (C=O) groups is 1. The van der Waals surface area contributed by atoms with Crippen molar-refractivity contribution in [3.05, 3.63) is 24.0 Å². The zero-order valence-electron chi connectivity index (χ0n) is 12.2. The van der Waals surface area contributed by atoms with Crippen LogP contribution in [0.25, 0.3) is 0 Å². The van der Waals surface area contributed by atoms with Crippen LogP contribution in [-0.2, 0) is 14.2 Å². The van der Waals surface area contributed by atoms with Gasteiger partial charge in [0, 0.05) is 25.9 Å². The third-order valence-electron chi connectivity index (χ3n) is 3.94. The molecule has 0 atom stereocenters. The molecule has 1 spiro atoms. The van der Waals surface area contributed by atoms with Crippen LogP contribution in [0.1, 0.15) is 30.3 Å². The molecule has 0 amide bonds. The van der Waals surface area contributed by atoms with Gasteiger partial charge in [-0.2, -0.15) is 0 Å². The lowest BCUT2D eigenvalue weighted by molar-refractivity contribution is -0.169. The fourth-order valence-electron chi connectivity index (χ4n) is 2.79. The number of pyridine rings is 1. The number of aromatic nitrogens is 1. The Hall–Kier alpha value is -1.66. The van der Waals surface area contributed by atoms with Crippen LogP contribution in [0.2, 0.25) is 0 Å². The van der Waals surface area contributed by atoms with Crippen LogP contribution in [0, 0.1) is 0 Å². The van der Waals surface area contributed by atoms with Gasteiger partial charge in [-0.25, -0.2) is 9.78 Å². The Labute approximate surface area is 124 Å². The van der Waals surface area contributed by atoms with Crippen molar-refractivity contribution < 1.29 is 19.0 Å². The van der Waals surface area contributed by atoms with E-state index in [1.807, 2.05) is 6.07 Å². The topological polar surface area (TPSA) is 60.9 Å². The smallest absolute Gasteiger partial charge is 0.356 e. The number of hydrogen-bond acceptors (Lipinski definition) is 6. The zero-order chi connectivity index (χ0) is 14.7. The highest BCUT2D eigenvalue weighted by Gasteiger charge is 2.39. The molecule has 6 nitrogen and oxygen atoms in total. The van der Waals surface area contributed by atoms with Crippen molar-refractivity contribution in [1.82, 2.24) is 4.98 Å². The number of ether oxygens (including phenoxy) is 3. The minimum atomic E-state index is -0.380. The van der Waals surface area contributed by atoms with Crippen molar-refractivity contribution in [2.24, 2.45) is 0 Å². The summed E-state index contributed by atoms with van der Waals surface area (Å²) in [5, 5.41) is 0. The monoisotopic (exact) mass is 292 g/mol. The van der Waals surface area contributed by atoms with Crippen LogP contribution >= 0.6 is 0 Å². The first-order valence-corrected chi connectivity index (χ1v) is 7.38. The maximum absolute atomic E-state index is 11.6. The summed E-state index contributed by atoms with van der Waals surface area (Å²) < 4.78 is 16.4. The maximum atomic E-state index is 11.6. The summed E-state index contributed by atoms with van der Waals surface area (Å²) in [5.41, 5.74) is 1.35. The fourth-order valence-corrected chi connectivity index (χ4v) is 2.79. The summed E-state index contributed by atoms with van der Waals surface area (Å²) in [5.74, 6) is -0.746. The largest absolute Gasteiger partial charge is 0.461 e. The Balaban J connectivity index is 1.61. The second-order valence-corrected chi connectivity index (χ2v) is 5.22. The summed E-state index contributed by atoms with van der Waals surface area (Å²) in [4.78, 5) is 18.0. The van der Waals surface area contributed by atoms with E-state index in [2.05, 4.69) is 9.88 Å². The average Bonchev–Trinajstić information content (AvgIpc) is 2.97. The van der Waals surface area contributed by atoms with Gasteiger partial charge in [0.2, 0.25) is 0 Å². The van der Waals surface area contributed by atoms with E-state index in [1.165, 1.54) is 0 Å². The number of anilines is 1. The SMILES string of the molecule is CCOC(=O)c1ccc(N2CCC3(CC2)OCCO3)cn1. The van der Waals surface area contributed by atoms with Gasteiger partial charge < -0.3 is 19.1 Å². The minimum Gasteiger partial charge on any atom is -0.461 e. The molecule has 21 heavy (non-hydrogen) atoms. The van der Waals surface area contributed by atoms with E-state index in [0.717, 1.165) is 31.6 Å². The van der Waals surface area contributed by atoms with E-state index in [0.29, 0.717) is 25.5 Å². The van der Waals surface area contributed by atoms with E-state index >= 15 is 0 Å². The number of rotatable bonds is 3. The van der Waals surface area contributed by atoms with Gasteiger partial charge in [-0.3, -0.25) is 0 Å². The molecule has 1 aromatic heterocycles. The molecule has 0 aliphatic carbocycles. The molecule has 114 valence electrons. The first-order valence-electron chi connectivity index (χ1n) is 7.38. The minimum absolute atomic E-state index is 0.344. The van der Waals surface area contributed by atoms with Crippen LogP contribution in [-0.4, -0.2) is 49.7 Å². The van der Waals surface area contributed by atoms with Crippen molar-refractivity contribution in [3.63, 3.8) is 0 Å². The molecule has 1 aromatic rings. The van der Waals surface area contributed by atoms with E-state index < -0.39 is 0 Å². The van der Waals surface area contributed by atoms with E-state index in [4.69, 9.17) is 14.2 Å². The predicted octanol–water partition coefficient (Wildman–Crippen LogP) is 1.60. The Bertz CT molecular complexity index is 487. The van der Waals surface area contributed by atoms with Crippen LogP contribution in [0.3, 0.4) is 0 Å². The Morgan fingerprint density at radius 3 is 2.62 bits per heavy atom. The molecule has 3 heterocycles. The molecule has 2 aliphatic heterocycles. The van der Waals surface area contributed by atoms with Crippen molar-refractivity contribution >= 4 is 11.7 Å². The summed E-state index contributed by atoms with van der Waals surface area (Å²) in [6.07, 6.45) is 3.43. The standard InChI is InChI=1S/C15H20N2O4/c1-2-19-14(18)13-4-3-12(11-16-13)17-7-5-15(6-8-17)20-9-10-21-15/h3-4,11H,2,5-10H2,1H3. The number of hydrogen-bond donors (Lipinski definition) is 0. The lowest BCUT2D eigenvalue weighted by Gasteiger charge is -2.38. The Morgan fingerprint density at radius 2 is 2.05 bits per heavy atom. The average molecular weight is 292 g/mol. The van der Waals surface area contributed by atoms with Gasteiger partial charge in [-0.15, -0.1) is 0 Å². The third kappa shape index (κ3) is 3.01. The predicted molar refractivity (Wildman–Crippen MR) is 76.3 cm³/mol. The van der Waals surface area contributed by atoms with Gasteiger partial charge >= 0.3 is 5.97 Å². The molecule has 6 heteroatoms. The molecular formula is C15H20N2O4. The quantitative estimate of drug-likeness (QED) is 0.789. The van der Waals surface area contributed by atoms with Gasteiger partial charge in [0.1, 0.15) is 5.69 Å². The third-order valence-corrected chi connectivity index (χ3v) is 3.94. The van der Waals surface area contributed by atoms with Crippen LogP contribution in [0.5, 0.6) is 0 Å². The van der Waals surface area contributed by atoms with E-state index in [1.54, 1.807) is 19.2 Å². The summed E-state index contributed by atoms with van der Waals surface area (Å²) in [7, 11) is 0. The van der Waals surface area contributed by atoms with Crippen molar-refractivity contribution in [2.75, 3.05) is 37.8 Å². The van der Waals surface area contributed by atoms with Crippen molar-refractivity contribution in [3.8, 4) is 0 Å². The van der Waals surface area contributed by atoms with Gasteiger partial charge in [0.15, 0.2) is 5.79 Å². The van der Waals surface area contributed by atoms with Crippen molar-refractivity contribution in [1.29, 1.82) is 0 Å². The number of nitrogens with zero attached hydrogens (tertiary/aromatic N) is 2. The van der Waals surface area contributed by atoms with Gasteiger partial charge in [-0.05, 0) is 19.1 Å². The highest BCUT2D eigenvalue weighted by Crippen LogP contribution is 2.32. The van der Waals surface area contributed by atoms with Gasteiger partial charge in [0.05, 0.1) is 31.7 Å². The molecule has 0 N–H and O–H groups in total. The van der Waals surface area contributed by atoms with Gasteiger partial charge in [0.25, 0.3) is 0 Å². The number of piperidine rings is 1. The molecule has 2 fully saturated rings. The molecule has 0 radical (unpaired) electrons. The highest BCUT2D eigenvalue weighted by atomic mass is 16.7. The number of carbonyl (C=O) groups excluding carboxylic acids is 1. The van der Waals surface area contributed by atoms with Crippen molar-refractivity contribution in [2.45, 2.75) is 25.6 Å². The molecule has 2 aliphatic rings. The lowest BCUT2D eigenvalue weighted by atomic mass is 10.0. The summed E-state index contributed by atoms with van der Waals surface area (Å²) >= 11 is 0. The lowest BCUT2D eigenvalue weighted by Crippen LogP contribution is -2.45. The summed E-state index contributed by atoms with van der Waals surface area (Å²) in [6, 6.07) is 3.62. The molecule has 0 unspecified atom stereocenters. The van der Waals surface area contributed by atoms with Crippen LogP contribution in [0.15, 0.2) is 18.3 Å². The Morgan fingerprint density at radius 1 is 1.33 bits per heavy atom. The second-order valence-electron chi connectivity index (χ2n) is 5.22. The Kier molecular flexibility index (Phi) is 4.07. The molecular weight excluding hydrogens is 272 g/mol. The highest BCUT2D eigenvalue weighted by molar-refractivity contribution is 5.87. The van der Waals surface area contributed by atoms with E-state index in [9.17, 15) is 4.79 Å².